The fraction of sp³-hybridized carbons (Fsp3) is 0.750. The predicted molar refractivity (Wildman–Crippen MR) is 22.7 cm³/mol. The molecule has 0 aromatic heterocycles. The summed E-state index contributed by atoms with van der Waals surface area (Å²) in [5.74, 6) is 0. The summed E-state index contributed by atoms with van der Waals surface area (Å²) in [7, 11) is 0.500. The maximum absolute atomic E-state index is 9.50. The zero-order valence-corrected chi connectivity index (χ0v) is 10.9. The van der Waals surface area contributed by atoms with Crippen molar-refractivity contribution in [2.75, 3.05) is 7.18 Å². The Morgan fingerprint density at radius 3 is 1.50 bits per heavy atom. The summed E-state index contributed by atoms with van der Waals surface area (Å²) in [6.45, 7) is 5.50. The molecule has 0 radical (unpaired) electrons. The van der Waals surface area contributed by atoms with Crippen molar-refractivity contribution in [1.82, 2.24) is 0 Å². The van der Waals surface area contributed by atoms with Crippen molar-refractivity contribution in [3.05, 3.63) is 6.92 Å². The van der Waals surface area contributed by atoms with Gasteiger partial charge in [0.25, 0.3) is 0 Å². The van der Waals surface area contributed by atoms with Gasteiger partial charge in [-0.05, 0) is 0 Å². The van der Waals surface area contributed by atoms with Crippen LogP contribution in [-0.4, -0.2) is 7.18 Å². The van der Waals surface area contributed by atoms with E-state index in [1.807, 2.05) is 6.92 Å². The van der Waals surface area contributed by atoms with Gasteiger partial charge in [0.2, 0.25) is 0 Å². The molecule has 0 amide bonds. The molecule has 0 N–H and O–H groups in total. The Labute approximate surface area is 33.0 Å². The minimum atomic E-state index is 0. The zero-order valence-electron chi connectivity index (χ0n) is 4.50. The standard InChI is InChI=1S/C3H7.CH3F.Rf/c1-3-2;1-2;/h1,3H2,2H3;1H3;/q-1;;. The van der Waals surface area contributed by atoms with Crippen LogP contribution in [0.5, 0.6) is 0 Å². The molecule has 0 spiro atoms. The molecular formula is C4H10FRf-. The Kier molecular flexibility index (Phi) is 23500. The summed E-state index contributed by atoms with van der Waals surface area (Å²) in [5.41, 5.74) is 0. The van der Waals surface area contributed by atoms with Crippen LogP contribution in [0.25, 0.3) is 0 Å². The van der Waals surface area contributed by atoms with Gasteiger partial charge in [0, 0.05) is 0 Å². The third-order valence-corrected chi connectivity index (χ3v) is 0. The van der Waals surface area contributed by atoms with Gasteiger partial charge in [-0.25, -0.2) is 0 Å². The average molecular weight is 344 g/mol. The molecule has 0 fully saturated rings. The second-order valence-corrected chi connectivity index (χ2v) is 0.500. The van der Waals surface area contributed by atoms with Gasteiger partial charge in [-0.2, -0.15) is 6.42 Å². The van der Waals surface area contributed by atoms with Gasteiger partial charge in [0.1, 0.15) is 0 Å². The first-order chi connectivity index (χ1) is 2.41. The molecule has 0 aliphatic rings. The quantitative estimate of drug-likeness (QED) is 0.588. The van der Waals surface area contributed by atoms with E-state index >= 15 is 0 Å². The van der Waals surface area contributed by atoms with Crippen LogP contribution < -0.4 is 0 Å². The van der Waals surface area contributed by atoms with Gasteiger partial charge >= 0.3 is 0 Å². The Bertz CT molecular complexity index is 7.51. The molecule has 0 aliphatic heterocycles. The molecule has 0 aromatic rings. The summed E-state index contributed by atoms with van der Waals surface area (Å²) < 4.78 is 9.50. The van der Waals surface area contributed by atoms with E-state index in [1.54, 1.807) is 0 Å². The van der Waals surface area contributed by atoms with Crippen molar-refractivity contribution >= 4 is 0 Å². The van der Waals surface area contributed by atoms with Crippen molar-refractivity contribution in [2.24, 2.45) is 0 Å². The number of rotatable bonds is 0. The molecule has 0 unspecified atom stereocenters. The van der Waals surface area contributed by atoms with Crippen LogP contribution in [0, 0.1) is 6.92 Å². The van der Waals surface area contributed by atoms with Crippen LogP contribution in [-0.2, 0) is 0 Å². The molecule has 0 saturated heterocycles. The second kappa shape index (κ2) is 6890. The van der Waals surface area contributed by atoms with Crippen molar-refractivity contribution < 1.29 is 4.39 Å². The molecule has 0 saturated carbocycles. The number of hydrogen-bond donors (Lipinski definition) is 0. The predicted octanol–water partition coefficient (Wildman–Crippen LogP) is 1.82. The molecule has 0 aromatic carbocycles. The number of halogens is 1. The van der Waals surface area contributed by atoms with Gasteiger partial charge in [-0.3, -0.25) is 4.39 Å². The SMILES string of the molecule is CF.[CH2-]CC.[Rf]. The Morgan fingerprint density at radius 2 is 1.50 bits per heavy atom. The summed E-state index contributed by atoms with van der Waals surface area (Å²) in [4.78, 5) is 0. The molecule has 0 nitrogen and oxygen atoms in total. The monoisotopic (exact) mass is 344 g/mol. The van der Waals surface area contributed by atoms with E-state index in [4.69, 9.17) is 0 Å². The number of hydrogen-bond acceptors (Lipinski definition) is 0. The third kappa shape index (κ3) is 9.53. The van der Waals surface area contributed by atoms with Crippen LogP contribution in [0.15, 0.2) is 0 Å². The van der Waals surface area contributed by atoms with Crippen molar-refractivity contribution in [2.45, 2.75) is 13.3 Å². The van der Waals surface area contributed by atoms with E-state index in [0.29, 0.717) is 7.18 Å². The van der Waals surface area contributed by atoms with Crippen molar-refractivity contribution in [3.8, 4) is 0 Å². The fourth-order valence-corrected chi connectivity index (χ4v) is 0. The largest absolute Gasteiger partial charge is 0.344 e. The maximum atomic E-state index is 9.50. The van der Waals surface area contributed by atoms with Crippen LogP contribution >= 0.6 is 0 Å². The topological polar surface area (TPSA) is 0 Å². The normalized spacial score (nSPS) is 4.00. The summed E-state index contributed by atoms with van der Waals surface area (Å²) in [5, 5.41) is 0. The minimum absolute atomic E-state index is 0. The zero-order chi connectivity index (χ0) is 4.71. The van der Waals surface area contributed by atoms with E-state index in [-0.39, 0.29) is 0 Å². The number of alkyl halides is 1. The van der Waals surface area contributed by atoms with Crippen LogP contribution in [0.1, 0.15) is 13.3 Å². The van der Waals surface area contributed by atoms with E-state index in [9.17, 15) is 4.39 Å². The van der Waals surface area contributed by atoms with E-state index < -0.39 is 0 Å². The van der Waals surface area contributed by atoms with Gasteiger partial charge in [0.15, 0.2) is 0 Å². The van der Waals surface area contributed by atoms with Crippen molar-refractivity contribution in [3.63, 3.8) is 0 Å². The van der Waals surface area contributed by atoms with E-state index in [1.165, 1.54) is 0 Å². The van der Waals surface area contributed by atoms with Gasteiger partial charge < -0.3 is 6.92 Å². The molecule has 36 valence electrons. The average Bonchev–Trinajstić information content (AvgIpc) is 1.46. The molecule has 0 atom stereocenters. The van der Waals surface area contributed by atoms with E-state index in [0.717, 1.165) is 6.42 Å². The second-order valence-electron chi connectivity index (χ2n) is 0.500. The first-order valence-corrected chi connectivity index (χ1v) is 1.59. The Hall–Kier alpha value is -1.07. The minimum Gasteiger partial charge on any atom is -0.344 e. The molecule has 2 heteroatoms. The molecule has 0 rings (SSSR count). The van der Waals surface area contributed by atoms with Gasteiger partial charge in [-0.15, -0.1) is 0 Å². The van der Waals surface area contributed by atoms with Gasteiger partial charge in [0.05, 0.1) is 7.18 Å². The first kappa shape index (κ1) is 20.4. The summed E-state index contributed by atoms with van der Waals surface area (Å²) in [6.07, 6.45) is 1.00. The maximum Gasteiger partial charge on any atom is 0.0785 e. The summed E-state index contributed by atoms with van der Waals surface area (Å²) in [6, 6.07) is 0. The Balaban J connectivity index is -0.0000000275. The smallest absolute Gasteiger partial charge is 0.0785 e. The molecule has 0 heterocycles. The Morgan fingerprint density at radius 1 is 1.50 bits per heavy atom. The third-order valence-electron chi connectivity index (χ3n) is 0. The van der Waals surface area contributed by atoms with Crippen LogP contribution in [0.3, 0.4) is 0 Å². The van der Waals surface area contributed by atoms with Crippen LogP contribution in [0.4, 0.5) is 4.39 Å². The molecule has 0 bridgehead atoms. The summed E-state index contributed by atoms with van der Waals surface area (Å²) >= 11 is 0. The molecule has 6 heavy (non-hydrogen) atoms. The molecule has 0 aliphatic carbocycles. The fourth-order valence-electron chi connectivity index (χ4n) is 0. The van der Waals surface area contributed by atoms with E-state index in [2.05, 4.69) is 6.92 Å². The van der Waals surface area contributed by atoms with Crippen molar-refractivity contribution in [1.29, 1.82) is 0 Å². The van der Waals surface area contributed by atoms with Crippen LogP contribution in [0.2, 0.25) is 0 Å². The first-order valence-electron chi connectivity index (χ1n) is 1.59. The van der Waals surface area contributed by atoms with Gasteiger partial charge in [-0.1, -0.05) is 6.92 Å². The molecular weight excluding hydrogens is 334 g/mol.